The molecule has 0 saturated heterocycles. The molecule has 0 atom stereocenters. The van der Waals surface area contributed by atoms with Crippen molar-refractivity contribution in [2.45, 2.75) is 32.9 Å². The highest BCUT2D eigenvalue weighted by molar-refractivity contribution is 5.63. The molecule has 0 N–H and O–H groups in total. The molecule has 9 heteroatoms. The molecular formula is C15H17N7O2. The molecule has 2 aromatic heterocycles. The molecule has 3 rings (SSSR count). The van der Waals surface area contributed by atoms with Crippen molar-refractivity contribution < 1.29 is 4.92 Å². The first-order valence-electron chi connectivity index (χ1n) is 7.69. The smallest absolute Gasteiger partial charge is 0.264 e. The molecule has 124 valence electrons. The lowest BCUT2D eigenvalue weighted by Gasteiger charge is -2.03. The summed E-state index contributed by atoms with van der Waals surface area (Å²) in [6.07, 6.45) is 5.69. The van der Waals surface area contributed by atoms with Crippen molar-refractivity contribution in [3.8, 4) is 11.1 Å². The van der Waals surface area contributed by atoms with Gasteiger partial charge in [-0.15, -0.1) is 5.10 Å². The molecular weight excluding hydrogens is 310 g/mol. The van der Waals surface area contributed by atoms with Crippen molar-refractivity contribution >= 4 is 5.69 Å². The fourth-order valence-corrected chi connectivity index (χ4v) is 2.34. The third-order valence-electron chi connectivity index (χ3n) is 3.68. The Morgan fingerprint density at radius 2 is 2.00 bits per heavy atom. The molecule has 2 heterocycles. The van der Waals surface area contributed by atoms with Gasteiger partial charge in [0.15, 0.2) is 5.82 Å². The van der Waals surface area contributed by atoms with Crippen LogP contribution in [0.5, 0.6) is 0 Å². The number of aromatic nitrogens is 6. The molecule has 0 saturated carbocycles. The second-order valence-electron chi connectivity index (χ2n) is 5.40. The molecule has 0 spiro atoms. The minimum Gasteiger partial charge on any atom is -0.264 e. The van der Waals surface area contributed by atoms with Crippen LogP contribution in [0.3, 0.4) is 0 Å². The van der Waals surface area contributed by atoms with Crippen LogP contribution in [0.25, 0.3) is 11.1 Å². The molecule has 0 fully saturated rings. The maximum atomic E-state index is 10.7. The Hall–Kier alpha value is -3.10. The number of hydrogen-bond acceptors (Lipinski definition) is 6. The van der Waals surface area contributed by atoms with Crippen LogP contribution in [0.2, 0.25) is 0 Å². The van der Waals surface area contributed by atoms with Gasteiger partial charge in [0.25, 0.3) is 5.69 Å². The van der Waals surface area contributed by atoms with E-state index in [1.54, 1.807) is 27.7 Å². The lowest BCUT2D eigenvalue weighted by atomic mass is 10.1. The summed E-state index contributed by atoms with van der Waals surface area (Å²) in [5.41, 5.74) is 1.83. The van der Waals surface area contributed by atoms with E-state index in [1.165, 1.54) is 12.1 Å². The third-order valence-corrected chi connectivity index (χ3v) is 3.68. The highest BCUT2D eigenvalue weighted by Gasteiger charge is 2.10. The second-order valence-corrected chi connectivity index (χ2v) is 5.40. The number of benzene rings is 1. The van der Waals surface area contributed by atoms with Gasteiger partial charge >= 0.3 is 0 Å². The van der Waals surface area contributed by atoms with Gasteiger partial charge in [0.05, 0.1) is 11.1 Å². The molecule has 1 aromatic carbocycles. The number of aryl methyl sites for hydroxylation is 1. The molecule has 0 aliphatic carbocycles. The largest absolute Gasteiger partial charge is 0.269 e. The van der Waals surface area contributed by atoms with E-state index in [-0.39, 0.29) is 5.69 Å². The Morgan fingerprint density at radius 3 is 2.71 bits per heavy atom. The van der Waals surface area contributed by atoms with Gasteiger partial charge in [-0.1, -0.05) is 13.3 Å². The molecule has 0 radical (unpaired) electrons. The summed E-state index contributed by atoms with van der Waals surface area (Å²) >= 11 is 0. The van der Waals surface area contributed by atoms with Crippen LogP contribution in [0.4, 0.5) is 5.69 Å². The molecule has 0 unspecified atom stereocenters. The van der Waals surface area contributed by atoms with E-state index in [2.05, 4.69) is 27.5 Å². The van der Waals surface area contributed by atoms with Gasteiger partial charge in [-0.05, 0) is 34.5 Å². The Labute approximate surface area is 138 Å². The average molecular weight is 327 g/mol. The monoisotopic (exact) mass is 327 g/mol. The van der Waals surface area contributed by atoms with Crippen molar-refractivity contribution in [3.05, 3.63) is 52.6 Å². The summed E-state index contributed by atoms with van der Waals surface area (Å²) in [6.45, 7) is 3.38. The lowest BCUT2D eigenvalue weighted by Crippen LogP contribution is -2.10. The number of nitro benzene ring substituents is 1. The Balaban J connectivity index is 1.74. The van der Waals surface area contributed by atoms with Gasteiger partial charge in [-0.2, -0.15) is 5.10 Å². The fraction of sp³-hybridized carbons (Fsp3) is 0.333. The van der Waals surface area contributed by atoms with Crippen molar-refractivity contribution in [2.75, 3.05) is 0 Å². The summed E-state index contributed by atoms with van der Waals surface area (Å²) in [6, 6.07) is 6.39. The SMILES string of the molecule is CCCCn1nnnc1Cn1cc(-c2ccc([N+](=O)[O-])cc2)cn1. The number of nitrogens with zero attached hydrogens (tertiary/aromatic N) is 7. The maximum absolute atomic E-state index is 10.7. The number of nitro groups is 1. The quantitative estimate of drug-likeness (QED) is 0.487. The van der Waals surface area contributed by atoms with Crippen molar-refractivity contribution in [3.63, 3.8) is 0 Å². The van der Waals surface area contributed by atoms with E-state index < -0.39 is 4.92 Å². The van der Waals surface area contributed by atoms with Crippen LogP contribution in [-0.4, -0.2) is 34.9 Å². The Kier molecular flexibility index (Phi) is 4.59. The number of tetrazole rings is 1. The summed E-state index contributed by atoms with van der Waals surface area (Å²) < 4.78 is 3.54. The Bertz CT molecular complexity index is 822. The zero-order valence-corrected chi connectivity index (χ0v) is 13.2. The highest BCUT2D eigenvalue weighted by Crippen LogP contribution is 2.21. The maximum Gasteiger partial charge on any atom is 0.269 e. The fourth-order valence-electron chi connectivity index (χ4n) is 2.34. The first-order valence-corrected chi connectivity index (χ1v) is 7.69. The van der Waals surface area contributed by atoms with E-state index >= 15 is 0 Å². The van der Waals surface area contributed by atoms with Gasteiger partial charge in [-0.3, -0.25) is 14.8 Å². The zero-order chi connectivity index (χ0) is 16.9. The minimum absolute atomic E-state index is 0.0706. The van der Waals surface area contributed by atoms with Crippen molar-refractivity contribution in [1.29, 1.82) is 0 Å². The lowest BCUT2D eigenvalue weighted by molar-refractivity contribution is -0.384. The molecule has 0 amide bonds. The minimum atomic E-state index is -0.413. The molecule has 3 aromatic rings. The van der Waals surface area contributed by atoms with Gasteiger partial charge in [0, 0.05) is 30.4 Å². The molecule has 24 heavy (non-hydrogen) atoms. The highest BCUT2D eigenvalue weighted by atomic mass is 16.6. The first-order chi connectivity index (χ1) is 11.7. The van der Waals surface area contributed by atoms with E-state index in [0.29, 0.717) is 6.54 Å². The summed E-state index contributed by atoms with van der Waals surface area (Å²) in [5, 5.41) is 26.8. The van der Waals surface area contributed by atoms with Crippen LogP contribution in [0, 0.1) is 10.1 Å². The predicted octanol–water partition coefficient (Wildman–Crippen LogP) is 2.29. The number of rotatable bonds is 7. The van der Waals surface area contributed by atoms with Gasteiger partial charge < -0.3 is 0 Å². The molecule has 0 aliphatic heterocycles. The number of hydrogen-bond donors (Lipinski definition) is 0. The van der Waals surface area contributed by atoms with Crippen LogP contribution < -0.4 is 0 Å². The average Bonchev–Trinajstić information content (AvgIpc) is 3.23. The number of non-ortho nitro benzene ring substituents is 1. The van der Waals surface area contributed by atoms with Crippen LogP contribution in [0.1, 0.15) is 25.6 Å². The van der Waals surface area contributed by atoms with Gasteiger partial charge in [0.2, 0.25) is 0 Å². The summed E-state index contributed by atoms with van der Waals surface area (Å²) in [7, 11) is 0. The van der Waals surface area contributed by atoms with E-state index in [9.17, 15) is 10.1 Å². The van der Waals surface area contributed by atoms with Crippen LogP contribution >= 0.6 is 0 Å². The molecule has 0 aliphatic rings. The second kappa shape index (κ2) is 6.99. The van der Waals surface area contributed by atoms with Crippen molar-refractivity contribution in [2.24, 2.45) is 0 Å². The third kappa shape index (κ3) is 3.45. The Morgan fingerprint density at radius 1 is 1.21 bits per heavy atom. The molecule has 9 nitrogen and oxygen atoms in total. The number of unbranched alkanes of at least 4 members (excludes halogenated alkanes) is 1. The normalized spacial score (nSPS) is 10.9. The van der Waals surface area contributed by atoms with Gasteiger partial charge in [-0.25, -0.2) is 4.68 Å². The van der Waals surface area contributed by atoms with Gasteiger partial charge in [0.1, 0.15) is 6.54 Å². The summed E-state index contributed by atoms with van der Waals surface area (Å²) in [5.74, 6) is 0.752. The van der Waals surface area contributed by atoms with E-state index in [0.717, 1.165) is 36.3 Å². The first kappa shape index (κ1) is 15.8. The van der Waals surface area contributed by atoms with E-state index in [1.807, 2.05) is 6.20 Å². The molecule has 0 bridgehead atoms. The zero-order valence-electron chi connectivity index (χ0n) is 13.2. The summed E-state index contributed by atoms with van der Waals surface area (Å²) in [4.78, 5) is 10.3. The van der Waals surface area contributed by atoms with Crippen LogP contribution in [-0.2, 0) is 13.1 Å². The predicted molar refractivity (Wildman–Crippen MR) is 86.1 cm³/mol. The van der Waals surface area contributed by atoms with Crippen LogP contribution in [0.15, 0.2) is 36.7 Å². The van der Waals surface area contributed by atoms with Crippen molar-refractivity contribution in [1.82, 2.24) is 30.0 Å². The topological polar surface area (TPSA) is 105 Å². The van der Waals surface area contributed by atoms with E-state index in [4.69, 9.17) is 0 Å². The standard InChI is InChI=1S/C15H17N7O2/c1-2-3-8-21-15(17-18-19-21)11-20-10-13(9-16-20)12-4-6-14(7-5-12)22(23)24/h4-7,9-10H,2-3,8,11H2,1H3.